The van der Waals surface area contributed by atoms with Gasteiger partial charge in [0.25, 0.3) is 0 Å². The molecule has 2 heterocycles. The number of allylic oxidation sites excluding steroid dienone is 1. The van der Waals surface area contributed by atoms with Crippen molar-refractivity contribution in [1.82, 2.24) is 10.2 Å². The van der Waals surface area contributed by atoms with Crippen LogP contribution < -0.4 is 0 Å². The average Bonchev–Trinajstić information content (AvgIpc) is 3.04. The van der Waals surface area contributed by atoms with Crippen molar-refractivity contribution in [3.05, 3.63) is 44.9 Å². The van der Waals surface area contributed by atoms with Gasteiger partial charge in [0.2, 0.25) is 0 Å². The Morgan fingerprint density at radius 2 is 2.30 bits per heavy atom. The molecule has 0 unspecified atom stereocenters. The number of ketones is 1. The summed E-state index contributed by atoms with van der Waals surface area (Å²) < 4.78 is 5.43. The summed E-state index contributed by atoms with van der Waals surface area (Å²) in [4.78, 5) is 24.0. The first-order valence-electron chi connectivity index (χ1n) is 5.80. The van der Waals surface area contributed by atoms with Crippen LogP contribution in [-0.4, -0.2) is 28.6 Å². The summed E-state index contributed by atoms with van der Waals surface area (Å²) in [5, 5.41) is 6.33. The highest BCUT2D eigenvalue weighted by molar-refractivity contribution is 7.18. The van der Waals surface area contributed by atoms with E-state index in [1.54, 1.807) is 19.1 Å². The van der Waals surface area contributed by atoms with Crippen LogP contribution in [0.4, 0.5) is 0 Å². The molecule has 0 saturated carbocycles. The molecule has 0 amide bonds. The Morgan fingerprint density at radius 3 is 2.95 bits per heavy atom. The molecule has 0 saturated heterocycles. The lowest BCUT2D eigenvalue weighted by Crippen LogP contribution is -2.06. The minimum absolute atomic E-state index is 0.182. The molecule has 104 valence electrons. The SMILES string of the molecule is CCOC(=O)c1[nH]ncc1/C=C/C(=O)c1ccc(Cl)s1. The molecule has 0 radical (unpaired) electrons. The lowest BCUT2D eigenvalue weighted by Gasteiger charge is -1.99. The fraction of sp³-hybridized carbons (Fsp3) is 0.154. The summed E-state index contributed by atoms with van der Waals surface area (Å²) in [5.41, 5.74) is 0.722. The number of aromatic amines is 1. The highest BCUT2D eigenvalue weighted by Gasteiger charge is 2.13. The van der Waals surface area contributed by atoms with Crippen molar-refractivity contribution in [3.63, 3.8) is 0 Å². The van der Waals surface area contributed by atoms with Crippen LogP contribution in [0.25, 0.3) is 6.08 Å². The lowest BCUT2D eigenvalue weighted by atomic mass is 10.2. The number of carbonyl (C=O) groups excluding carboxylic acids is 2. The van der Waals surface area contributed by atoms with Gasteiger partial charge in [0, 0.05) is 5.56 Å². The van der Waals surface area contributed by atoms with E-state index in [4.69, 9.17) is 16.3 Å². The number of ether oxygens (including phenoxy) is 1. The van der Waals surface area contributed by atoms with E-state index >= 15 is 0 Å². The third-order valence-corrected chi connectivity index (χ3v) is 3.62. The van der Waals surface area contributed by atoms with E-state index < -0.39 is 5.97 Å². The van der Waals surface area contributed by atoms with Crippen LogP contribution in [0.3, 0.4) is 0 Å². The second kappa shape index (κ2) is 6.49. The Morgan fingerprint density at radius 1 is 1.50 bits per heavy atom. The predicted octanol–water partition coefficient (Wildman–Crippen LogP) is 3.20. The Hall–Kier alpha value is -1.92. The van der Waals surface area contributed by atoms with Crippen molar-refractivity contribution in [1.29, 1.82) is 0 Å². The molecular formula is C13H11ClN2O3S. The molecule has 0 fully saturated rings. The van der Waals surface area contributed by atoms with Gasteiger partial charge in [-0.25, -0.2) is 4.79 Å². The predicted molar refractivity (Wildman–Crippen MR) is 77.2 cm³/mol. The summed E-state index contributed by atoms with van der Waals surface area (Å²) in [6.45, 7) is 1.99. The molecule has 2 rings (SSSR count). The zero-order chi connectivity index (χ0) is 14.5. The van der Waals surface area contributed by atoms with E-state index in [9.17, 15) is 9.59 Å². The van der Waals surface area contributed by atoms with Crippen molar-refractivity contribution in [2.75, 3.05) is 6.61 Å². The van der Waals surface area contributed by atoms with E-state index in [1.165, 1.54) is 29.7 Å². The number of carbonyl (C=O) groups is 2. The molecule has 0 aliphatic heterocycles. The Balaban J connectivity index is 2.14. The molecule has 0 spiro atoms. The standard InChI is InChI=1S/C13H11ClN2O3S/c1-2-19-13(18)12-8(7-15-16-12)3-4-9(17)10-5-6-11(14)20-10/h3-7H,2H2,1H3,(H,15,16)/b4-3+. The number of nitrogens with zero attached hydrogens (tertiary/aromatic N) is 1. The smallest absolute Gasteiger partial charge is 0.356 e. The number of aromatic nitrogens is 2. The zero-order valence-corrected chi connectivity index (χ0v) is 12.1. The minimum Gasteiger partial charge on any atom is -0.461 e. The van der Waals surface area contributed by atoms with E-state index in [0.717, 1.165) is 0 Å². The van der Waals surface area contributed by atoms with E-state index in [0.29, 0.717) is 14.8 Å². The van der Waals surface area contributed by atoms with Crippen LogP contribution >= 0.6 is 22.9 Å². The van der Waals surface area contributed by atoms with Crippen LogP contribution in [0.2, 0.25) is 4.34 Å². The maximum absolute atomic E-state index is 11.9. The summed E-state index contributed by atoms with van der Waals surface area (Å²) in [5.74, 6) is -0.686. The second-order valence-corrected chi connectivity index (χ2v) is 5.44. The zero-order valence-electron chi connectivity index (χ0n) is 10.6. The average molecular weight is 311 g/mol. The van der Waals surface area contributed by atoms with Crippen molar-refractivity contribution in [2.45, 2.75) is 6.92 Å². The number of hydrogen-bond acceptors (Lipinski definition) is 5. The number of rotatable bonds is 5. The molecule has 20 heavy (non-hydrogen) atoms. The molecule has 0 atom stereocenters. The van der Waals surface area contributed by atoms with Crippen molar-refractivity contribution < 1.29 is 14.3 Å². The van der Waals surface area contributed by atoms with Gasteiger partial charge in [0.15, 0.2) is 11.5 Å². The lowest BCUT2D eigenvalue weighted by molar-refractivity contribution is 0.0519. The van der Waals surface area contributed by atoms with Crippen LogP contribution in [0.1, 0.15) is 32.6 Å². The molecule has 0 bridgehead atoms. The fourth-order valence-corrected chi connectivity index (χ4v) is 2.45. The van der Waals surface area contributed by atoms with Crippen LogP contribution in [-0.2, 0) is 4.74 Å². The van der Waals surface area contributed by atoms with Gasteiger partial charge in [-0.2, -0.15) is 5.10 Å². The fourth-order valence-electron chi connectivity index (χ4n) is 1.48. The third-order valence-electron chi connectivity index (χ3n) is 2.38. The third kappa shape index (κ3) is 3.34. The molecule has 0 aliphatic carbocycles. The number of nitrogens with one attached hydrogen (secondary N) is 1. The van der Waals surface area contributed by atoms with Gasteiger partial charge in [0.05, 0.1) is 22.0 Å². The minimum atomic E-state index is -0.503. The molecule has 0 aromatic carbocycles. The topological polar surface area (TPSA) is 72.1 Å². The van der Waals surface area contributed by atoms with Gasteiger partial charge in [0.1, 0.15) is 0 Å². The van der Waals surface area contributed by atoms with Gasteiger partial charge < -0.3 is 4.74 Å². The number of H-pyrrole nitrogens is 1. The van der Waals surface area contributed by atoms with Gasteiger partial charge in [-0.1, -0.05) is 11.6 Å². The number of esters is 1. The maximum Gasteiger partial charge on any atom is 0.356 e. The van der Waals surface area contributed by atoms with E-state index in [-0.39, 0.29) is 18.1 Å². The molecule has 5 nitrogen and oxygen atoms in total. The Kier molecular flexibility index (Phi) is 4.70. The number of hydrogen-bond donors (Lipinski definition) is 1. The first-order valence-corrected chi connectivity index (χ1v) is 6.99. The maximum atomic E-state index is 11.9. The summed E-state index contributed by atoms with van der Waals surface area (Å²) in [6, 6.07) is 3.32. The van der Waals surface area contributed by atoms with Gasteiger partial charge in [-0.05, 0) is 31.2 Å². The van der Waals surface area contributed by atoms with Crippen LogP contribution in [0.15, 0.2) is 24.4 Å². The molecule has 0 aliphatic rings. The first kappa shape index (κ1) is 14.5. The summed E-state index contributed by atoms with van der Waals surface area (Å²) in [6.07, 6.45) is 4.35. The quantitative estimate of drug-likeness (QED) is 0.523. The number of thiophene rings is 1. The van der Waals surface area contributed by atoms with E-state index in [2.05, 4.69) is 10.2 Å². The normalized spacial score (nSPS) is 10.9. The molecule has 2 aromatic rings. The Labute approximate surface area is 124 Å². The molecule has 1 N–H and O–H groups in total. The van der Waals surface area contributed by atoms with Crippen LogP contribution in [0, 0.1) is 0 Å². The largest absolute Gasteiger partial charge is 0.461 e. The molecule has 7 heteroatoms. The molecular weight excluding hydrogens is 300 g/mol. The molecule has 2 aromatic heterocycles. The monoisotopic (exact) mass is 310 g/mol. The van der Waals surface area contributed by atoms with Crippen molar-refractivity contribution >= 4 is 40.8 Å². The van der Waals surface area contributed by atoms with E-state index in [1.807, 2.05) is 0 Å². The van der Waals surface area contributed by atoms with Crippen molar-refractivity contribution in [2.24, 2.45) is 0 Å². The van der Waals surface area contributed by atoms with Gasteiger partial charge >= 0.3 is 5.97 Å². The van der Waals surface area contributed by atoms with Crippen LogP contribution in [0.5, 0.6) is 0 Å². The van der Waals surface area contributed by atoms with Gasteiger partial charge in [-0.15, -0.1) is 11.3 Å². The summed E-state index contributed by atoms with van der Waals surface area (Å²) >= 11 is 6.97. The highest BCUT2D eigenvalue weighted by Crippen LogP contribution is 2.22. The van der Waals surface area contributed by atoms with Crippen molar-refractivity contribution in [3.8, 4) is 0 Å². The first-order chi connectivity index (χ1) is 9.61. The van der Waals surface area contributed by atoms with Gasteiger partial charge in [-0.3, -0.25) is 9.89 Å². The highest BCUT2D eigenvalue weighted by atomic mass is 35.5. The number of halogens is 1. The Bertz CT molecular complexity index is 660. The second-order valence-electron chi connectivity index (χ2n) is 3.72. The summed E-state index contributed by atoms with van der Waals surface area (Å²) in [7, 11) is 0.